The standard InChI is InChI=1S/C30H22N6/c1-3-11-23(12-4-1)35-19-27-25-15-8-10-22(32-25)18-30-34-28(20-36(30)24-13-5-2-6-14-24)26-16-7-9-21(31-26)17-29(35)33-27/h1-20,31-32H. The molecule has 7 rings (SSSR count). The Balaban J connectivity index is 1.42. The first-order valence-electron chi connectivity index (χ1n) is 11.8. The number of aromatic nitrogens is 4. The highest BCUT2D eigenvalue weighted by Gasteiger charge is 2.18. The van der Waals surface area contributed by atoms with Crippen molar-refractivity contribution in [2.24, 2.45) is 0 Å². The lowest BCUT2D eigenvalue weighted by atomic mass is 10.2. The van der Waals surface area contributed by atoms with Crippen molar-refractivity contribution in [2.45, 2.75) is 0 Å². The van der Waals surface area contributed by atoms with E-state index in [1.807, 2.05) is 72.9 Å². The number of nitrogens with zero attached hydrogens (tertiary/aromatic N) is 4. The molecule has 3 aliphatic heterocycles. The van der Waals surface area contributed by atoms with Crippen LogP contribution in [0.15, 0.2) is 121 Å². The van der Waals surface area contributed by atoms with E-state index in [0.717, 1.165) is 57.2 Å². The zero-order valence-electron chi connectivity index (χ0n) is 19.3. The van der Waals surface area contributed by atoms with Crippen LogP contribution in [0.5, 0.6) is 0 Å². The fourth-order valence-electron chi connectivity index (χ4n) is 4.56. The van der Waals surface area contributed by atoms with E-state index in [9.17, 15) is 0 Å². The van der Waals surface area contributed by atoms with Crippen LogP contribution in [0.1, 0.15) is 23.0 Å². The summed E-state index contributed by atoms with van der Waals surface area (Å²) >= 11 is 0. The van der Waals surface area contributed by atoms with Crippen molar-refractivity contribution in [2.75, 3.05) is 0 Å². The number of dihydropyridines is 2. The second-order valence-electron chi connectivity index (χ2n) is 8.71. The fourth-order valence-corrected chi connectivity index (χ4v) is 4.56. The number of para-hydroxylation sites is 2. The molecule has 0 fully saturated rings. The molecule has 0 atom stereocenters. The summed E-state index contributed by atoms with van der Waals surface area (Å²) in [6, 6.07) is 20.5. The van der Waals surface area contributed by atoms with Crippen molar-refractivity contribution in [3.63, 3.8) is 0 Å². The fraction of sp³-hybridized carbons (Fsp3) is 0. The lowest BCUT2D eigenvalue weighted by molar-refractivity contribution is 1.02. The molecule has 0 unspecified atom stereocenters. The smallest absolute Gasteiger partial charge is 0.140 e. The Morgan fingerprint density at radius 2 is 1.00 bits per heavy atom. The predicted molar refractivity (Wildman–Crippen MR) is 144 cm³/mol. The van der Waals surface area contributed by atoms with Gasteiger partial charge in [0.1, 0.15) is 23.0 Å². The first kappa shape index (κ1) is 20.3. The maximum atomic E-state index is 5.00. The van der Waals surface area contributed by atoms with E-state index in [1.54, 1.807) is 0 Å². The van der Waals surface area contributed by atoms with Gasteiger partial charge in [-0.3, -0.25) is 9.13 Å². The summed E-state index contributed by atoms with van der Waals surface area (Å²) in [6.07, 6.45) is 20.6. The van der Waals surface area contributed by atoms with Gasteiger partial charge in [-0.1, -0.05) is 48.6 Å². The van der Waals surface area contributed by atoms with Crippen molar-refractivity contribution in [3.8, 4) is 11.4 Å². The highest BCUT2D eigenvalue weighted by Crippen LogP contribution is 2.26. The molecule has 2 N–H and O–H groups in total. The third-order valence-corrected chi connectivity index (χ3v) is 6.29. The van der Waals surface area contributed by atoms with E-state index in [-0.39, 0.29) is 0 Å². The quantitative estimate of drug-likeness (QED) is 0.412. The molecular formula is C30H22N6. The first-order chi connectivity index (χ1) is 17.8. The van der Waals surface area contributed by atoms with Crippen molar-refractivity contribution < 1.29 is 0 Å². The van der Waals surface area contributed by atoms with Gasteiger partial charge in [0, 0.05) is 47.3 Å². The van der Waals surface area contributed by atoms with Gasteiger partial charge < -0.3 is 10.6 Å². The Bertz CT molecular complexity index is 1530. The van der Waals surface area contributed by atoms with E-state index < -0.39 is 0 Å². The van der Waals surface area contributed by atoms with E-state index in [4.69, 9.17) is 9.97 Å². The van der Waals surface area contributed by atoms with Gasteiger partial charge in [0.2, 0.25) is 0 Å². The summed E-state index contributed by atoms with van der Waals surface area (Å²) in [5.41, 5.74) is 7.57. The number of rotatable bonds is 2. The Morgan fingerprint density at radius 3 is 1.44 bits per heavy atom. The molecule has 2 aromatic heterocycles. The molecule has 36 heavy (non-hydrogen) atoms. The normalized spacial score (nSPS) is 15.6. The van der Waals surface area contributed by atoms with Crippen LogP contribution in [0.25, 0.3) is 34.9 Å². The molecule has 6 nitrogen and oxygen atoms in total. The largest absolute Gasteiger partial charge is 0.354 e. The summed E-state index contributed by atoms with van der Waals surface area (Å²) in [5.74, 6) is 1.67. The zero-order chi connectivity index (χ0) is 23.9. The Hall–Kier alpha value is -5.10. The molecule has 8 bridgehead atoms. The average Bonchev–Trinajstić information content (AvgIpc) is 3.54. The van der Waals surface area contributed by atoms with Crippen molar-refractivity contribution in [1.29, 1.82) is 0 Å². The van der Waals surface area contributed by atoms with E-state index in [2.05, 4.69) is 68.6 Å². The summed E-state index contributed by atoms with van der Waals surface area (Å²) in [4.78, 5) is 10.0. The molecule has 0 saturated carbocycles. The van der Waals surface area contributed by atoms with Crippen molar-refractivity contribution in [3.05, 3.63) is 144 Å². The molecule has 172 valence electrons. The van der Waals surface area contributed by atoms with Gasteiger partial charge in [-0.25, -0.2) is 9.97 Å². The third kappa shape index (κ3) is 3.61. The lowest BCUT2D eigenvalue weighted by Crippen LogP contribution is -2.14. The van der Waals surface area contributed by atoms with Gasteiger partial charge in [0.25, 0.3) is 0 Å². The van der Waals surface area contributed by atoms with Crippen LogP contribution in [-0.2, 0) is 0 Å². The number of benzene rings is 2. The maximum Gasteiger partial charge on any atom is 0.140 e. The second-order valence-corrected chi connectivity index (χ2v) is 8.71. The van der Waals surface area contributed by atoms with Crippen molar-refractivity contribution >= 4 is 23.5 Å². The van der Waals surface area contributed by atoms with Crippen LogP contribution >= 0.6 is 0 Å². The molecule has 6 heteroatoms. The molecule has 0 radical (unpaired) electrons. The van der Waals surface area contributed by atoms with Crippen LogP contribution in [-0.4, -0.2) is 19.1 Å². The predicted octanol–water partition coefficient (Wildman–Crippen LogP) is 5.45. The van der Waals surface area contributed by atoms with Crippen LogP contribution in [0.2, 0.25) is 0 Å². The monoisotopic (exact) mass is 466 g/mol. The Labute approximate surface area is 208 Å². The average molecular weight is 467 g/mol. The van der Waals surface area contributed by atoms with Crippen molar-refractivity contribution in [1.82, 2.24) is 29.7 Å². The van der Waals surface area contributed by atoms with Crippen LogP contribution in [0, 0.1) is 0 Å². The molecule has 0 aliphatic carbocycles. The zero-order valence-corrected chi connectivity index (χ0v) is 19.3. The third-order valence-electron chi connectivity index (χ3n) is 6.29. The number of imidazole rings is 2. The molecule has 2 aromatic carbocycles. The van der Waals surface area contributed by atoms with Gasteiger partial charge >= 0.3 is 0 Å². The molecule has 0 spiro atoms. The molecule has 0 amide bonds. The first-order valence-corrected chi connectivity index (χ1v) is 11.8. The molecular weight excluding hydrogens is 444 g/mol. The topological polar surface area (TPSA) is 59.7 Å². The molecule has 3 aliphatic rings. The molecule has 4 aromatic rings. The number of allylic oxidation sites excluding steroid dienone is 6. The SMILES string of the molecule is C1=CC2=Cc3nc(cn3-c3ccccc3)C3=CC=CC(=Cc4nc(cn4-c4ccccc4)C(=C1)N2)N3. The van der Waals surface area contributed by atoms with Gasteiger partial charge in [-0.05, 0) is 48.6 Å². The summed E-state index contributed by atoms with van der Waals surface area (Å²) in [5, 5.41) is 7.10. The van der Waals surface area contributed by atoms with Gasteiger partial charge in [-0.2, -0.15) is 0 Å². The van der Waals surface area contributed by atoms with E-state index >= 15 is 0 Å². The maximum absolute atomic E-state index is 5.00. The summed E-state index contributed by atoms with van der Waals surface area (Å²) < 4.78 is 4.22. The summed E-state index contributed by atoms with van der Waals surface area (Å²) in [7, 11) is 0. The highest BCUT2D eigenvalue weighted by atomic mass is 15.1. The summed E-state index contributed by atoms with van der Waals surface area (Å²) in [6.45, 7) is 0. The van der Waals surface area contributed by atoms with E-state index in [0.29, 0.717) is 0 Å². The van der Waals surface area contributed by atoms with Gasteiger partial charge in [-0.15, -0.1) is 0 Å². The van der Waals surface area contributed by atoms with Gasteiger partial charge in [0.05, 0.1) is 11.4 Å². The van der Waals surface area contributed by atoms with Crippen LogP contribution in [0.3, 0.4) is 0 Å². The Kier molecular flexibility index (Phi) is 4.67. The van der Waals surface area contributed by atoms with Crippen LogP contribution in [0.4, 0.5) is 0 Å². The van der Waals surface area contributed by atoms with Gasteiger partial charge in [0.15, 0.2) is 0 Å². The number of fused-ring (bicyclic) bond motifs is 10. The minimum atomic E-state index is 0.833. The minimum absolute atomic E-state index is 0.833. The number of nitrogens with one attached hydrogen (secondary N) is 2. The molecule has 0 saturated heterocycles. The molecule has 5 heterocycles. The lowest BCUT2D eigenvalue weighted by Gasteiger charge is -2.14. The highest BCUT2D eigenvalue weighted by molar-refractivity contribution is 5.74. The number of hydrogen-bond acceptors (Lipinski definition) is 4. The van der Waals surface area contributed by atoms with E-state index in [1.165, 1.54) is 0 Å². The number of hydrogen-bond donors (Lipinski definition) is 2. The Morgan fingerprint density at radius 1 is 0.556 bits per heavy atom. The second kappa shape index (κ2) is 8.29. The van der Waals surface area contributed by atoms with Crippen LogP contribution < -0.4 is 10.6 Å². The minimum Gasteiger partial charge on any atom is -0.354 e.